The SMILES string of the molecule is CC(NC(=O)C1(c2ccc(Br)cc2)CCOCC1)C(=O)NCc1ccco1. The van der Waals surface area contributed by atoms with Gasteiger partial charge in [0.1, 0.15) is 11.8 Å². The van der Waals surface area contributed by atoms with Gasteiger partial charge in [0.2, 0.25) is 11.8 Å². The summed E-state index contributed by atoms with van der Waals surface area (Å²) in [6.07, 6.45) is 2.72. The van der Waals surface area contributed by atoms with Crippen molar-refractivity contribution >= 4 is 27.7 Å². The third-order valence-corrected chi connectivity index (χ3v) is 5.46. The van der Waals surface area contributed by atoms with Gasteiger partial charge in [-0.25, -0.2) is 0 Å². The number of ether oxygens (including phenoxy) is 1. The van der Waals surface area contributed by atoms with Gasteiger partial charge in [-0.2, -0.15) is 0 Å². The second-order valence-electron chi connectivity index (χ2n) is 6.69. The van der Waals surface area contributed by atoms with Gasteiger partial charge >= 0.3 is 0 Å². The van der Waals surface area contributed by atoms with E-state index in [9.17, 15) is 9.59 Å². The van der Waals surface area contributed by atoms with Crippen LogP contribution in [-0.4, -0.2) is 31.1 Å². The molecule has 1 aromatic heterocycles. The average Bonchev–Trinajstić information content (AvgIpc) is 3.20. The molecule has 1 saturated heterocycles. The van der Waals surface area contributed by atoms with Gasteiger partial charge in [0.05, 0.1) is 18.2 Å². The van der Waals surface area contributed by atoms with Crippen LogP contribution >= 0.6 is 15.9 Å². The molecule has 1 aromatic carbocycles. The highest BCUT2D eigenvalue weighted by Crippen LogP contribution is 2.36. The molecule has 0 aliphatic carbocycles. The average molecular weight is 435 g/mol. The zero-order chi connectivity index (χ0) is 19.3. The number of furan rings is 1. The molecular weight excluding hydrogens is 412 g/mol. The van der Waals surface area contributed by atoms with Crippen molar-refractivity contribution in [2.75, 3.05) is 13.2 Å². The lowest BCUT2D eigenvalue weighted by Crippen LogP contribution is -2.53. The van der Waals surface area contributed by atoms with Gasteiger partial charge in [0, 0.05) is 17.7 Å². The van der Waals surface area contributed by atoms with Crippen LogP contribution in [0.25, 0.3) is 0 Å². The van der Waals surface area contributed by atoms with Crippen LogP contribution in [0.2, 0.25) is 0 Å². The monoisotopic (exact) mass is 434 g/mol. The fraction of sp³-hybridized carbons (Fsp3) is 0.400. The summed E-state index contributed by atoms with van der Waals surface area (Å²) in [5, 5.41) is 5.66. The molecule has 2 heterocycles. The minimum Gasteiger partial charge on any atom is -0.467 e. The van der Waals surface area contributed by atoms with Crippen LogP contribution in [-0.2, 0) is 26.3 Å². The zero-order valence-corrected chi connectivity index (χ0v) is 16.8. The van der Waals surface area contributed by atoms with E-state index < -0.39 is 11.5 Å². The van der Waals surface area contributed by atoms with E-state index in [4.69, 9.17) is 9.15 Å². The van der Waals surface area contributed by atoms with Crippen LogP contribution in [0.5, 0.6) is 0 Å². The highest BCUT2D eigenvalue weighted by atomic mass is 79.9. The van der Waals surface area contributed by atoms with E-state index >= 15 is 0 Å². The van der Waals surface area contributed by atoms with Crippen molar-refractivity contribution < 1.29 is 18.7 Å². The number of halogens is 1. The maximum Gasteiger partial charge on any atom is 0.242 e. The molecule has 2 N–H and O–H groups in total. The lowest BCUT2D eigenvalue weighted by atomic mass is 9.73. The molecule has 0 bridgehead atoms. The fourth-order valence-corrected chi connectivity index (χ4v) is 3.54. The Labute approximate surface area is 166 Å². The molecule has 6 nitrogen and oxygen atoms in total. The number of benzene rings is 1. The molecule has 7 heteroatoms. The van der Waals surface area contributed by atoms with Crippen molar-refractivity contribution in [3.8, 4) is 0 Å². The predicted molar refractivity (Wildman–Crippen MR) is 104 cm³/mol. The second kappa shape index (κ2) is 8.71. The van der Waals surface area contributed by atoms with Crippen molar-refractivity contribution in [1.82, 2.24) is 10.6 Å². The van der Waals surface area contributed by atoms with E-state index in [0.29, 0.717) is 31.8 Å². The number of carbonyl (C=O) groups is 2. The standard InChI is InChI=1S/C20H23BrN2O4/c1-14(18(24)22-13-17-3-2-10-27-17)23-19(25)20(8-11-26-12-9-20)15-4-6-16(21)7-5-15/h2-7,10,14H,8-9,11-13H2,1H3,(H,22,24)(H,23,25). The summed E-state index contributed by atoms with van der Waals surface area (Å²) in [5.41, 5.74) is 0.254. The number of carbonyl (C=O) groups excluding carboxylic acids is 2. The van der Waals surface area contributed by atoms with E-state index in [1.165, 1.54) is 0 Å². The Hall–Kier alpha value is -2.12. The number of hydrogen-bond acceptors (Lipinski definition) is 4. The van der Waals surface area contributed by atoms with E-state index in [0.717, 1.165) is 10.0 Å². The molecule has 1 fully saturated rings. The normalized spacial score (nSPS) is 17.1. The maximum atomic E-state index is 13.2. The van der Waals surface area contributed by atoms with E-state index in [1.807, 2.05) is 24.3 Å². The number of rotatable bonds is 6. The summed E-state index contributed by atoms with van der Waals surface area (Å²) >= 11 is 3.43. The molecule has 144 valence electrons. The molecule has 1 atom stereocenters. The first-order chi connectivity index (χ1) is 13.0. The Kier molecular flexibility index (Phi) is 6.34. The van der Waals surface area contributed by atoms with Crippen molar-refractivity contribution in [3.63, 3.8) is 0 Å². The molecule has 1 aliphatic heterocycles. The van der Waals surface area contributed by atoms with Crippen molar-refractivity contribution in [2.24, 2.45) is 0 Å². The van der Waals surface area contributed by atoms with Crippen LogP contribution < -0.4 is 10.6 Å². The lowest BCUT2D eigenvalue weighted by Gasteiger charge is -2.37. The minimum atomic E-state index is -0.686. The molecule has 0 radical (unpaired) electrons. The Morgan fingerprint density at radius 2 is 1.89 bits per heavy atom. The van der Waals surface area contributed by atoms with Gasteiger partial charge < -0.3 is 19.8 Å². The van der Waals surface area contributed by atoms with Crippen molar-refractivity contribution in [2.45, 2.75) is 37.8 Å². The van der Waals surface area contributed by atoms with Gasteiger partial charge in [-0.3, -0.25) is 9.59 Å². The lowest BCUT2D eigenvalue weighted by molar-refractivity contribution is -0.134. The smallest absolute Gasteiger partial charge is 0.242 e. The summed E-state index contributed by atoms with van der Waals surface area (Å²) in [6, 6.07) is 10.7. The molecule has 0 saturated carbocycles. The van der Waals surface area contributed by atoms with Crippen LogP contribution in [0.3, 0.4) is 0 Å². The van der Waals surface area contributed by atoms with Crippen LogP contribution in [0.15, 0.2) is 51.6 Å². The summed E-state index contributed by atoms with van der Waals surface area (Å²) in [4.78, 5) is 25.5. The van der Waals surface area contributed by atoms with E-state index in [-0.39, 0.29) is 18.4 Å². The highest BCUT2D eigenvalue weighted by Gasteiger charge is 2.42. The molecule has 3 rings (SSSR count). The second-order valence-corrected chi connectivity index (χ2v) is 7.61. The Balaban J connectivity index is 1.68. The zero-order valence-electron chi connectivity index (χ0n) is 15.2. The van der Waals surface area contributed by atoms with Crippen molar-refractivity contribution in [3.05, 3.63) is 58.5 Å². The molecule has 2 aromatic rings. The van der Waals surface area contributed by atoms with E-state index in [1.54, 1.807) is 25.3 Å². The summed E-state index contributed by atoms with van der Waals surface area (Å²) in [5.74, 6) is 0.268. The van der Waals surface area contributed by atoms with Gasteiger partial charge in [-0.05, 0) is 49.6 Å². The first-order valence-electron chi connectivity index (χ1n) is 8.96. The third kappa shape index (κ3) is 4.59. The highest BCUT2D eigenvalue weighted by molar-refractivity contribution is 9.10. The van der Waals surface area contributed by atoms with Crippen LogP contribution in [0.4, 0.5) is 0 Å². The first kappa shape index (κ1) is 19.6. The molecular formula is C20H23BrN2O4. The maximum absolute atomic E-state index is 13.2. The van der Waals surface area contributed by atoms with Crippen LogP contribution in [0.1, 0.15) is 31.1 Å². The molecule has 27 heavy (non-hydrogen) atoms. The summed E-state index contributed by atoms with van der Waals surface area (Å²) in [6.45, 7) is 3.01. The third-order valence-electron chi connectivity index (χ3n) is 4.94. The van der Waals surface area contributed by atoms with Gasteiger partial charge in [-0.15, -0.1) is 0 Å². The van der Waals surface area contributed by atoms with Crippen molar-refractivity contribution in [1.29, 1.82) is 0 Å². The molecule has 1 aliphatic rings. The Morgan fingerprint density at radius 1 is 1.19 bits per heavy atom. The fourth-order valence-electron chi connectivity index (χ4n) is 3.28. The Morgan fingerprint density at radius 3 is 2.52 bits per heavy atom. The van der Waals surface area contributed by atoms with Gasteiger partial charge in [0.25, 0.3) is 0 Å². The van der Waals surface area contributed by atoms with Gasteiger partial charge in [-0.1, -0.05) is 28.1 Å². The number of nitrogens with one attached hydrogen (secondary N) is 2. The predicted octanol–water partition coefficient (Wildman–Crippen LogP) is 2.91. The largest absolute Gasteiger partial charge is 0.467 e. The summed E-state index contributed by atoms with van der Waals surface area (Å²) < 4.78 is 11.6. The molecule has 2 amide bonds. The molecule has 1 unspecified atom stereocenters. The minimum absolute atomic E-state index is 0.145. The molecule has 0 spiro atoms. The quantitative estimate of drug-likeness (QED) is 0.732. The topological polar surface area (TPSA) is 80.6 Å². The van der Waals surface area contributed by atoms with Crippen LogP contribution in [0, 0.1) is 0 Å². The summed E-state index contributed by atoms with van der Waals surface area (Å²) in [7, 11) is 0. The number of amides is 2. The first-order valence-corrected chi connectivity index (χ1v) is 9.75. The van der Waals surface area contributed by atoms with Gasteiger partial charge in [0.15, 0.2) is 0 Å². The Bertz CT molecular complexity index is 768. The van der Waals surface area contributed by atoms with E-state index in [2.05, 4.69) is 26.6 Å². The number of hydrogen-bond donors (Lipinski definition) is 2.